The summed E-state index contributed by atoms with van der Waals surface area (Å²) in [6, 6.07) is 0. The maximum atomic E-state index is 15.4. The van der Waals surface area contributed by atoms with Crippen LogP contribution in [-0.2, 0) is 126 Å². The monoisotopic (exact) mass is 2070 g/mol. The van der Waals surface area contributed by atoms with Crippen LogP contribution < -0.4 is 45.0 Å². The second-order valence-electron chi connectivity index (χ2n) is 23.5. The molecule has 4 fully saturated rings. The maximum Gasteiger partial charge on any atom is 0.490 e. The van der Waals surface area contributed by atoms with Crippen LogP contribution in [0, 0.1) is 27.7 Å². The number of hydrogen-bond acceptors (Lipinski definition) is 44. The van der Waals surface area contributed by atoms with Gasteiger partial charge in [0, 0.05) is 47.0 Å². The normalized spacial score (nSPS) is 32.8. The summed E-state index contributed by atoms with van der Waals surface area (Å²) in [4.78, 5) is 242. The van der Waals surface area contributed by atoms with Gasteiger partial charge in [0.1, 0.15) is 75.2 Å². The van der Waals surface area contributed by atoms with Gasteiger partial charge in [-0.25, -0.2) is 91.5 Å². The summed E-state index contributed by atoms with van der Waals surface area (Å²) in [5, 5.41) is 80.1. The highest BCUT2D eigenvalue weighted by molar-refractivity contribution is 7.68. The van der Waals surface area contributed by atoms with Crippen LogP contribution in [0.5, 0.6) is 0 Å². The molecule has 4 aliphatic rings. The lowest BCUT2D eigenvalue weighted by atomic mass is 10.1. The van der Waals surface area contributed by atoms with E-state index in [4.69, 9.17) is 71.7 Å². The number of nitrogens with one attached hydrogen (secondary N) is 4. The van der Waals surface area contributed by atoms with Crippen molar-refractivity contribution in [1.82, 2.24) is 38.2 Å². The van der Waals surface area contributed by atoms with Crippen LogP contribution in [0.15, 0.2) is 63.1 Å². The van der Waals surface area contributed by atoms with Crippen LogP contribution >= 0.6 is 93.9 Å². The summed E-state index contributed by atoms with van der Waals surface area (Å²) in [5.74, 6) is -16.0. The minimum absolute atomic E-state index is 0.0415. The number of phosphoric acid groups is 12. The van der Waals surface area contributed by atoms with Crippen molar-refractivity contribution in [2.45, 2.75) is 125 Å². The summed E-state index contributed by atoms with van der Waals surface area (Å²) < 4.78 is 304. The van der Waals surface area contributed by atoms with Gasteiger partial charge in [-0.15, -0.1) is 0 Å². The summed E-state index contributed by atoms with van der Waals surface area (Å²) in [7, 11) is -71.2. The molecule has 8 heterocycles. The zero-order valence-electron chi connectivity index (χ0n) is 65.6. The van der Waals surface area contributed by atoms with Crippen LogP contribution in [0.3, 0.4) is 0 Å². The molecule has 84 heteroatoms. The van der Waals surface area contributed by atoms with E-state index in [1.807, 2.05) is 4.98 Å². The van der Waals surface area contributed by atoms with Gasteiger partial charge < -0.3 is 138 Å². The van der Waals surface area contributed by atoms with E-state index in [0.29, 0.717) is 21.5 Å². The molecule has 0 bridgehead atoms. The van der Waals surface area contributed by atoms with Gasteiger partial charge in [-0.3, -0.25) is 75.5 Å². The lowest BCUT2D eigenvalue weighted by molar-refractivity contribution is -0.205. The quantitative estimate of drug-likeness (QED) is 0.0159. The molecule has 0 radical (unpaired) electrons. The van der Waals surface area contributed by atoms with Crippen LogP contribution in [0.2, 0.25) is 0 Å². The average molecular weight is 2070 g/mol. The fourth-order valence-corrected chi connectivity index (χ4v) is 20.6. The first-order valence-electron chi connectivity index (χ1n) is 33.2. The Morgan fingerprint density at radius 1 is 0.331 bits per heavy atom. The molecule has 0 amide bonds. The number of aliphatic hydroxyl groups is 8. The summed E-state index contributed by atoms with van der Waals surface area (Å²) in [6.07, 6.45) is -29.2. The molecule has 4 aliphatic heterocycles. The predicted octanol–water partition coefficient (Wildman–Crippen LogP) is -7.58. The molecule has 124 heavy (non-hydrogen) atoms. The molecular weight excluding hydrogens is 2000 g/mol. The van der Waals surface area contributed by atoms with Crippen LogP contribution in [-0.4, -0.2) is 256 Å². The fourth-order valence-electron chi connectivity index (χ4n) is 8.73. The number of H-pyrrole nitrogens is 4. The molecular formula is C40H64F4N8O60P12. The third kappa shape index (κ3) is 30.9. The lowest BCUT2D eigenvalue weighted by Crippen LogP contribution is -2.43. The molecule has 28 N–H and O–H groups in total. The van der Waals surface area contributed by atoms with Gasteiger partial charge in [0.05, 0.1) is 8.22 Å². The molecule has 4 aromatic rings. The van der Waals surface area contributed by atoms with E-state index in [1.165, 1.54) is 20.8 Å². The number of nitrogens with zero attached hydrogens (tertiary/aromatic N) is 4. The number of aliphatic hydroxyl groups excluding tert-OH is 8. The zero-order chi connectivity index (χ0) is 101. The van der Waals surface area contributed by atoms with E-state index in [9.17, 15) is 158 Å². The Kier molecular flexibility index (Phi) is 32.0. The second-order valence-corrected chi connectivity index (χ2v) is 41.1. The molecule has 712 valence electrons. The number of aryl methyl sites for hydroxylation is 4. The average Bonchev–Trinajstić information content (AvgIpc) is 1.56. The van der Waals surface area contributed by atoms with Crippen molar-refractivity contribution < 1.29 is 271 Å². The van der Waals surface area contributed by atoms with Crippen molar-refractivity contribution >= 4 is 93.9 Å². The standard InChI is InChI=1S/4C10H16FN2O15P3/c4*1-4-2-13(9(17)12-7(4)16)8-5(14)6(15)10(11,26-8)3-25-30(21,22)28-31(23,24)27-29(18,19)20/h4*2,5-6,8,14-15H,3H2,1H3,(H,21,22)(H,23,24)(H,12,16,17)(H2,18,19,20)/t4*5-,6+,8-,10-/m1111/s1/i3D2,8D;8D;3D2;. The molecule has 8 rings (SSSR count). The Balaban J connectivity index is 0.000000307. The van der Waals surface area contributed by atoms with Crippen LogP contribution in [0.25, 0.3) is 0 Å². The first-order valence-corrected chi connectivity index (χ1v) is 48.2. The van der Waals surface area contributed by atoms with Crippen molar-refractivity contribution in [2.75, 3.05) is 26.3 Å². The van der Waals surface area contributed by atoms with Gasteiger partial charge in [-0.1, -0.05) is 0 Å². The Morgan fingerprint density at radius 2 is 0.532 bits per heavy atom. The van der Waals surface area contributed by atoms with E-state index in [0.717, 1.165) is 19.3 Å². The van der Waals surface area contributed by atoms with Gasteiger partial charge in [0.2, 0.25) is 0 Å². The minimum atomic E-state index is -6.35. The van der Waals surface area contributed by atoms with E-state index in [2.05, 4.69) is 66.8 Å². The number of aromatic nitrogens is 8. The molecule has 8 unspecified atom stereocenters. The molecule has 0 spiro atoms. The lowest BCUT2D eigenvalue weighted by Gasteiger charge is -2.24. The summed E-state index contributed by atoms with van der Waals surface area (Å²) >= 11 is 0. The summed E-state index contributed by atoms with van der Waals surface area (Å²) in [6.45, 7) is -7.68. The second kappa shape index (κ2) is 39.6. The molecule has 0 aliphatic carbocycles. The highest BCUT2D eigenvalue weighted by Crippen LogP contribution is 2.70. The van der Waals surface area contributed by atoms with Crippen molar-refractivity contribution in [1.29, 1.82) is 0 Å². The van der Waals surface area contributed by atoms with E-state index in [1.54, 1.807) is 15.0 Å². The van der Waals surface area contributed by atoms with Crippen LogP contribution in [0.4, 0.5) is 17.6 Å². The van der Waals surface area contributed by atoms with Crippen LogP contribution in [0.1, 0.15) is 55.3 Å². The number of ether oxygens (including phenoxy) is 4. The van der Waals surface area contributed by atoms with Crippen molar-refractivity contribution in [2.24, 2.45) is 0 Å². The Hall–Kier alpha value is -4.40. The number of hydrogen-bond donors (Lipinski definition) is 28. The Morgan fingerprint density at radius 3 is 0.806 bits per heavy atom. The molecule has 24 atom stereocenters. The number of alkyl halides is 4. The number of phosphoric ester groups is 4. The van der Waals surface area contributed by atoms with Gasteiger partial charge in [0.15, 0.2) is 24.9 Å². The predicted molar refractivity (Wildman–Crippen MR) is 367 cm³/mol. The molecule has 0 saturated carbocycles. The Bertz CT molecular complexity index is 6100. The number of aromatic amines is 4. The molecule has 4 aromatic heterocycles. The van der Waals surface area contributed by atoms with Gasteiger partial charge in [0.25, 0.3) is 45.7 Å². The molecule has 68 nitrogen and oxygen atoms in total. The minimum Gasteiger partial charge on any atom is -0.385 e. The third-order valence-electron chi connectivity index (χ3n) is 13.8. The van der Waals surface area contributed by atoms with Crippen molar-refractivity contribution in [3.05, 3.63) is 130 Å². The maximum absolute atomic E-state index is 15.4. The van der Waals surface area contributed by atoms with Crippen molar-refractivity contribution in [3.8, 4) is 0 Å². The zero-order valence-corrected chi connectivity index (χ0v) is 70.3. The topological polar surface area (TPSA) is 1060 Å². The molecule has 4 saturated heterocycles. The van der Waals surface area contributed by atoms with Gasteiger partial charge in [-0.2, -0.15) is 34.5 Å². The van der Waals surface area contributed by atoms with E-state index < -0.39 is 262 Å². The van der Waals surface area contributed by atoms with E-state index >= 15 is 13.2 Å². The SMILES string of the molecule is Cc1cn([C@@H]2O[C@](F)(COP(=O)(O)OP(=O)(O)OP(=O)(O)O)[C@@H](O)[C@H]2O)c(=O)[nH]c1=O.[2H]C([2H])(OP(=O)(O)OP(=O)(O)OP(=O)(O)O)[C@@]1(F)O[C@@H](n2cc(C)c(=O)[nH]c2=O)[C@H](O)[C@@H]1O.[2H]C([2H])(OP(=O)(O)OP(=O)(O)OP(=O)(O)O)[C@@]1(F)O[C@@]([2H])(n2cc(C)c(=O)[nH]c2=O)[C@H](O)[C@@H]1O.[2H][C@@]1(n2cc(C)c(=O)[nH]c2=O)O[C@](F)(COP(=O)(O)OP(=O)(O)OP(=O)(O)O)[C@@H](O)[C@H]1O. The Labute approximate surface area is 683 Å². The fraction of sp³-hybridized carbons (Fsp3) is 0.600. The highest BCUT2D eigenvalue weighted by Gasteiger charge is 2.62. The van der Waals surface area contributed by atoms with Gasteiger partial charge >= 0.3 is 117 Å². The summed E-state index contributed by atoms with van der Waals surface area (Å²) in [5.41, 5.74) is -9.53. The first kappa shape index (κ1) is 100. The number of rotatable bonds is 32. The number of halogens is 4. The first-order chi connectivity index (χ1) is 57.6. The highest BCUT2D eigenvalue weighted by atomic mass is 31.3. The molecule has 0 aromatic carbocycles. The van der Waals surface area contributed by atoms with Gasteiger partial charge in [-0.05, 0) is 27.7 Å². The third-order valence-corrected chi connectivity index (χ3v) is 28.6. The van der Waals surface area contributed by atoms with E-state index in [-0.39, 0.29) is 31.4 Å². The smallest absolute Gasteiger partial charge is 0.385 e. The largest absolute Gasteiger partial charge is 0.490 e. The van der Waals surface area contributed by atoms with Crippen molar-refractivity contribution in [3.63, 3.8) is 0 Å².